The van der Waals surface area contributed by atoms with Crippen LogP contribution in [0.5, 0.6) is 0 Å². The van der Waals surface area contributed by atoms with Crippen LogP contribution in [-0.2, 0) is 12.8 Å². The van der Waals surface area contributed by atoms with Gasteiger partial charge >= 0.3 is 0 Å². The van der Waals surface area contributed by atoms with Crippen molar-refractivity contribution in [3.05, 3.63) is 34.9 Å². The van der Waals surface area contributed by atoms with Gasteiger partial charge < -0.3 is 4.90 Å². The topological polar surface area (TPSA) is 3.24 Å². The van der Waals surface area contributed by atoms with E-state index in [0.717, 1.165) is 12.3 Å². The normalized spacial score (nSPS) is 16.9. The van der Waals surface area contributed by atoms with Crippen LogP contribution in [0.1, 0.15) is 42.0 Å². The van der Waals surface area contributed by atoms with Gasteiger partial charge in [0.25, 0.3) is 0 Å². The molecule has 0 radical (unpaired) electrons. The Morgan fingerprint density at radius 1 is 1.18 bits per heavy atom. The second kappa shape index (κ2) is 5.88. The molecule has 2 rings (SSSR count). The molecule has 0 amide bonds. The first-order chi connectivity index (χ1) is 8.22. The van der Waals surface area contributed by atoms with Crippen LogP contribution in [-0.4, -0.2) is 24.9 Å². The standard InChI is InChI=1S/C15H22ClN/c1-17(2)15(9-10-16)14-8-7-12-5-3-4-6-13(12)11-14/h7-8,11,15H,3-6,9-10H2,1-2H3. The summed E-state index contributed by atoms with van der Waals surface area (Å²) >= 11 is 5.91. The van der Waals surface area contributed by atoms with E-state index >= 15 is 0 Å². The quantitative estimate of drug-likeness (QED) is 0.736. The minimum Gasteiger partial charge on any atom is -0.302 e. The van der Waals surface area contributed by atoms with Crippen molar-refractivity contribution in [2.75, 3.05) is 20.0 Å². The average molecular weight is 252 g/mol. The molecule has 0 heterocycles. The zero-order valence-corrected chi connectivity index (χ0v) is 11.6. The Labute approximate surface area is 110 Å². The van der Waals surface area contributed by atoms with Gasteiger partial charge in [-0.1, -0.05) is 18.2 Å². The number of benzene rings is 1. The Bertz CT molecular complexity index is 373. The van der Waals surface area contributed by atoms with Crippen LogP contribution in [0.3, 0.4) is 0 Å². The van der Waals surface area contributed by atoms with Crippen molar-refractivity contribution in [3.8, 4) is 0 Å². The Morgan fingerprint density at radius 2 is 1.88 bits per heavy atom. The monoisotopic (exact) mass is 251 g/mol. The van der Waals surface area contributed by atoms with Crippen LogP contribution in [0.25, 0.3) is 0 Å². The highest BCUT2D eigenvalue weighted by Gasteiger charge is 2.16. The van der Waals surface area contributed by atoms with Crippen molar-refractivity contribution < 1.29 is 0 Å². The number of hydrogen-bond acceptors (Lipinski definition) is 1. The van der Waals surface area contributed by atoms with Crippen molar-refractivity contribution >= 4 is 11.6 Å². The molecule has 17 heavy (non-hydrogen) atoms. The maximum Gasteiger partial charge on any atom is 0.0353 e. The molecule has 2 heteroatoms. The van der Waals surface area contributed by atoms with E-state index in [9.17, 15) is 0 Å². The van der Waals surface area contributed by atoms with E-state index in [-0.39, 0.29) is 0 Å². The number of nitrogens with zero attached hydrogens (tertiary/aromatic N) is 1. The van der Waals surface area contributed by atoms with Crippen molar-refractivity contribution in [1.29, 1.82) is 0 Å². The van der Waals surface area contributed by atoms with E-state index in [2.05, 4.69) is 37.2 Å². The van der Waals surface area contributed by atoms with Crippen LogP contribution in [0.15, 0.2) is 18.2 Å². The second-order valence-corrected chi connectivity index (χ2v) is 5.57. The molecule has 0 bridgehead atoms. The molecule has 1 aromatic carbocycles. The van der Waals surface area contributed by atoms with Gasteiger partial charge in [0.1, 0.15) is 0 Å². The molecule has 0 aromatic heterocycles. The number of rotatable bonds is 4. The number of fused-ring (bicyclic) bond motifs is 1. The van der Waals surface area contributed by atoms with Crippen molar-refractivity contribution in [2.45, 2.75) is 38.1 Å². The first-order valence-electron chi connectivity index (χ1n) is 6.56. The Hall–Kier alpha value is -0.530. The van der Waals surface area contributed by atoms with Crippen molar-refractivity contribution in [2.24, 2.45) is 0 Å². The lowest BCUT2D eigenvalue weighted by atomic mass is 9.88. The van der Waals surface area contributed by atoms with Crippen molar-refractivity contribution in [3.63, 3.8) is 0 Å². The van der Waals surface area contributed by atoms with Crippen molar-refractivity contribution in [1.82, 2.24) is 4.90 Å². The summed E-state index contributed by atoms with van der Waals surface area (Å²) in [4.78, 5) is 2.27. The van der Waals surface area contributed by atoms with Gasteiger partial charge in [0.2, 0.25) is 0 Å². The van der Waals surface area contributed by atoms with Gasteiger partial charge in [0.05, 0.1) is 0 Å². The average Bonchev–Trinajstić information content (AvgIpc) is 2.35. The van der Waals surface area contributed by atoms with Crippen LogP contribution in [0.2, 0.25) is 0 Å². The van der Waals surface area contributed by atoms with Gasteiger partial charge in [-0.05, 0) is 62.9 Å². The third-order valence-electron chi connectivity index (χ3n) is 3.76. The summed E-state index contributed by atoms with van der Waals surface area (Å²) in [6.45, 7) is 0. The predicted molar refractivity (Wildman–Crippen MR) is 74.8 cm³/mol. The molecule has 1 nitrogen and oxygen atoms in total. The summed E-state index contributed by atoms with van der Waals surface area (Å²) in [6, 6.07) is 7.49. The summed E-state index contributed by atoms with van der Waals surface area (Å²) < 4.78 is 0. The molecular formula is C15H22ClN. The van der Waals surface area contributed by atoms with Gasteiger partial charge in [-0.25, -0.2) is 0 Å². The Balaban J connectivity index is 2.25. The largest absolute Gasteiger partial charge is 0.302 e. The maximum absolute atomic E-state index is 5.91. The molecule has 0 N–H and O–H groups in total. The lowest BCUT2D eigenvalue weighted by Crippen LogP contribution is -2.21. The van der Waals surface area contributed by atoms with E-state index in [1.807, 2.05) is 0 Å². The van der Waals surface area contributed by atoms with Crippen LogP contribution < -0.4 is 0 Å². The second-order valence-electron chi connectivity index (χ2n) is 5.19. The third-order valence-corrected chi connectivity index (χ3v) is 3.98. The Kier molecular flexibility index (Phi) is 4.47. The minimum atomic E-state index is 0.458. The number of aryl methyl sites for hydroxylation is 2. The molecule has 94 valence electrons. The fraction of sp³-hybridized carbons (Fsp3) is 0.600. The molecular weight excluding hydrogens is 230 g/mol. The summed E-state index contributed by atoms with van der Waals surface area (Å²) in [5, 5.41) is 0. The molecule has 0 aliphatic heterocycles. The van der Waals surface area contributed by atoms with Crippen LogP contribution in [0, 0.1) is 0 Å². The summed E-state index contributed by atoms with van der Waals surface area (Å²) in [5.74, 6) is 0.722. The molecule has 0 saturated carbocycles. The molecule has 0 saturated heterocycles. The van der Waals surface area contributed by atoms with Gasteiger partial charge in [-0.15, -0.1) is 11.6 Å². The first kappa shape index (κ1) is 12.9. The molecule has 0 fully saturated rings. The first-order valence-corrected chi connectivity index (χ1v) is 7.10. The number of alkyl halides is 1. The van der Waals surface area contributed by atoms with Gasteiger partial charge in [-0.2, -0.15) is 0 Å². The fourth-order valence-corrected chi connectivity index (χ4v) is 2.99. The summed E-state index contributed by atoms with van der Waals surface area (Å²) in [6.07, 6.45) is 6.24. The molecule has 1 aliphatic carbocycles. The fourth-order valence-electron chi connectivity index (χ4n) is 2.79. The van der Waals surface area contributed by atoms with Crippen LogP contribution in [0.4, 0.5) is 0 Å². The highest BCUT2D eigenvalue weighted by molar-refractivity contribution is 6.17. The zero-order chi connectivity index (χ0) is 12.3. The van der Waals surface area contributed by atoms with Crippen LogP contribution >= 0.6 is 11.6 Å². The smallest absolute Gasteiger partial charge is 0.0353 e. The van der Waals surface area contributed by atoms with Gasteiger partial charge in [0.15, 0.2) is 0 Å². The maximum atomic E-state index is 5.91. The van der Waals surface area contributed by atoms with E-state index in [4.69, 9.17) is 11.6 Å². The lowest BCUT2D eigenvalue weighted by molar-refractivity contribution is 0.293. The molecule has 0 spiro atoms. The highest BCUT2D eigenvalue weighted by atomic mass is 35.5. The minimum absolute atomic E-state index is 0.458. The molecule has 1 unspecified atom stereocenters. The third kappa shape index (κ3) is 3.02. The zero-order valence-electron chi connectivity index (χ0n) is 10.9. The van der Waals surface area contributed by atoms with E-state index in [1.54, 1.807) is 11.1 Å². The Morgan fingerprint density at radius 3 is 2.53 bits per heavy atom. The molecule has 1 aliphatic rings. The molecule has 1 aromatic rings. The van der Waals surface area contributed by atoms with E-state index < -0.39 is 0 Å². The lowest BCUT2D eigenvalue weighted by Gasteiger charge is -2.26. The van der Waals surface area contributed by atoms with E-state index in [1.165, 1.54) is 31.2 Å². The number of hydrogen-bond donors (Lipinski definition) is 0. The summed E-state index contributed by atoms with van der Waals surface area (Å²) in [5.41, 5.74) is 4.55. The van der Waals surface area contributed by atoms with Gasteiger partial charge in [-0.3, -0.25) is 0 Å². The SMILES string of the molecule is CN(C)C(CCCl)c1ccc2c(c1)CCCC2. The molecule has 1 atom stereocenters. The van der Waals surface area contributed by atoms with Gasteiger partial charge in [0, 0.05) is 11.9 Å². The number of halogens is 1. The van der Waals surface area contributed by atoms with E-state index in [0.29, 0.717) is 6.04 Å². The highest BCUT2D eigenvalue weighted by Crippen LogP contribution is 2.28. The summed E-state index contributed by atoms with van der Waals surface area (Å²) in [7, 11) is 4.27. The predicted octanol–water partition coefficient (Wildman–Crippen LogP) is 3.80.